The first-order chi connectivity index (χ1) is 17.0. The Bertz CT molecular complexity index is 1300. The summed E-state index contributed by atoms with van der Waals surface area (Å²) in [6.07, 6.45) is -4.82. The third-order valence-corrected chi connectivity index (χ3v) is 7.01. The molecule has 0 unspecified atom stereocenters. The van der Waals surface area contributed by atoms with Gasteiger partial charge in [-0.25, -0.2) is 8.42 Å². The molecule has 3 aromatic rings. The number of anilines is 1. The smallest absolute Gasteiger partial charge is 0.417 e. The molecule has 3 rings (SSSR count). The van der Waals surface area contributed by atoms with Gasteiger partial charge in [-0.15, -0.1) is 0 Å². The summed E-state index contributed by atoms with van der Waals surface area (Å²) in [7, 11) is -2.88. The summed E-state index contributed by atoms with van der Waals surface area (Å²) in [5, 5.41) is 1.92. The van der Waals surface area contributed by atoms with Crippen LogP contribution in [0.2, 0.25) is 5.02 Å². The van der Waals surface area contributed by atoms with Crippen molar-refractivity contribution in [3.63, 3.8) is 0 Å². The van der Waals surface area contributed by atoms with Gasteiger partial charge >= 0.3 is 6.18 Å². The molecule has 12 heteroatoms. The molecule has 0 spiro atoms. The highest BCUT2D eigenvalue weighted by atomic mass is 35.5. The Morgan fingerprint density at radius 3 is 2.36 bits per heavy atom. The number of rotatable bonds is 10. The van der Waals surface area contributed by atoms with Crippen molar-refractivity contribution in [3.05, 3.63) is 83.4 Å². The Balaban J connectivity index is 1.79. The summed E-state index contributed by atoms with van der Waals surface area (Å²) in [4.78, 5) is 12.4. The average molecular weight is 543 g/mol. The van der Waals surface area contributed by atoms with Gasteiger partial charge in [0.15, 0.2) is 0 Å². The molecule has 7 nitrogen and oxygen atoms in total. The topological polar surface area (TPSA) is 84.9 Å². The van der Waals surface area contributed by atoms with E-state index in [4.69, 9.17) is 21.1 Å². The van der Waals surface area contributed by atoms with Gasteiger partial charge in [0.1, 0.15) is 24.7 Å². The van der Waals surface area contributed by atoms with Crippen molar-refractivity contribution < 1.29 is 35.9 Å². The minimum atomic E-state index is -4.82. The predicted octanol–water partition coefficient (Wildman–Crippen LogP) is 4.76. The number of hydrogen-bond acceptors (Lipinski definition) is 5. The number of hydrogen-bond donors (Lipinski definition) is 1. The van der Waals surface area contributed by atoms with Gasteiger partial charge < -0.3 is 14.8 Å². The molecule has 0 fully saturated rings. The molecule has 0 aliphatic rings. The molecule has 1 N–H and O–H groups in total. The van der Waals surface area contributed by atoms with Gasteiger partial charge in [0, 0.05) is 6.07 Å². The fraction of sp³-hybridized carbons (Fsp3) is 0.208. The molecule has 0 saturated carbocycles. The fourth-order valence-corrected chi connectivity index (χ4v) is 4.82. The number of carbonyl (C=O) groups excluding carboxylic acids is 1. The summed E-state index contributed by atoms with van der Waals surface area (Å²) in [5.74, 6) is 0.337. The quantitative estimate of drug-likeness (QED) is 0.374. The number of methoxy groups -OCH3 is 1. The average Bonchev–Trinajstić information content (AvgIpc) is 2.85. The molecular formula is C24H22ClF3N2O5S. The monoisotopic (exact) mass is 542 g/mol. The third kappa shape index (κ3) is 6.82. The molecule has 3 aromatic carbocycles. The van der Waals surface area contributed by atoms with Crippen molar-refractivity contribution in [3.8, 4) is 11.5 Å². The number of amides is 1. The van der Waals surface area contributed by atoms with Gasteiger partial charge in [0.05, 0.1) is 34.8 Å². The molecule has 0 bridgehead atoms. The Hall–Kier alpha value is -3.44. The molecule has 0 aliphatic heterocycles. The van der Waals surface area contributed by atoms with Crippen LogP contribution in [0.3, 0.4) is 0 Å². The molecule has 0 saturated heterocycles. The maximum atomic E-state index is 13.4. The van der Waals surface area contributed by atoms with Crippen molar-refractivity contribution in [2.75, 3.05) is 31.1 Å². The van der Waals surface area contributed by atoms with E-state index in [-0.39, 0.29) is 23.7 Å². The molecule has 0 aliphatic carbocycles. The van der Waals surface area contributed by atoms with E-state index in [0.29, 0.717) is 21.9 Å². The molecule has 0 radical (unpaired) electrons. The Morgan fingerprint density at radius 1 is 1.00 bits per heavy atom. The van der Waals surface area contributed by atoms with E-state index in [1.807, 2.05) is 0 Å². The lowest BCUT2D eigenvalue weighted by molar-refractivity contribution is -0.137. The summed E-state index contributed by atoms with van der Waals surface area (Å²) in [6.45, 7) is -0.692. The van der Waals surface area contributed by atoms with Gasteiger partial charge in [-0.2, -0.15) is 13.2 Å². The number of nitrogens with zero attached hydrogens (tertiary/aromatic N) is 1. The van der Waals surface area contributed by atoms with Crippen molar-refractivity contribution in [1.82, 2.24) is 5.32 Å². The predicted molar refractivity (Wildman–Crippen MR) is 129 cm³/mol. The number of sulfonamides is 1. The van der Waals surface area contributed by atoms with Crippen LogP contribution in [0.15, 0.2) is 77.7 Å². The number of nitrogens with one attached hydrogen (secondary N) is 1. The van der Waals surface area contributed by atoms with E-state index in [1.54, 1.807) is 30.3 Å². The van der Waals surface area contributed by atoms with Crippen LogP contribution in [0.4, 0.5) is 18.9 Å². The van der Waals surface area contributed by atoms with Gasteiger partial charge in [0.2, 0.25) is 5.91 Å². The number of benzene rings is 3. The van der Waals surface area contributed by atoms with Crippen molar-refractivity contribution in [2.24, 2.45) is 0 Å². The van der Waals surface area contributed by atoms with Crippen LogP contribution in [0.1, 0.15) is 5.56 Å². The van der Waals surface area contributed by atoms with Crippen molar-refractivity contribution >= 4 is 33.2 Å². The minimum Gasteiger partial charge on any atom is -0.497 e. The molecule has 1 amide bonds. The molecule has 0 heterocycles. The summed E-state index contributed by atoms with van der Waals surface area (Å²) >= 11 is 5.69. The van der Waals surface area contributed by atoms with E-state index in [0.717, 1.165) is 12.1 Å². The van der Waals surface area contributed by atoms with E-state index in [1.165, 1.54) is 31.4 Å². The van der Waals surface area contributed by atoms with Gasteiger partial charge in [-0.3, -0.25) is 9.10 Å². The molecule has 0 atom stereocenters. The van der Waals surface area contributed by atoms with Crippen LogP contribution in [0, 0.1) is 0 Å². The molecule has 36 heavy (non-hydrogen) atoms. The number of ether oxygens (including phenoxy) is 2. The first-order valence-electron chi connectivity index (χ1n) is 10.5. The van der Waals surface area contributed by atoms with E-state index in [9.17, 15) is 26.4 Å². The SMILES string of the molecule is COc1cccc(OCCNC(=O)CN(c2ccc(Cl)c(C(F)(F)F)c2)S(=O)(=O)c2ccccc2)c1. The van der Waals surface area contributed by atoms with Crippen LogP contribution in [-0.2, 0) is 21.0 Å². The molecule has 0 aromatic heterocycles. The standard InChI is InChI=1S/C24H22ClF3N2O5S/c1-34-18-6-5-7-19(15-18)35-13-12-29-23(31)16-30(36(32,33)20-8-3-2-4-9-20)17-10-11-22(25)21(14-17)24(26,27)28/h2-11,14-15H,12-13,16H2,1H3,(H,29,31). The maximum Gasteiger partial charge on any atom is 0.417 e. The van der Waals surface area contributed by atoms with Crippen molar-refractivity contribution in [1.29, 1.82) is 0 Å². The Morgan fingerprint density at radius 2 is 1.69 bits per heavy atom. The van der Waals surface area contributed by atoms with Crippen LogP contribution < -0.4 is 19.1 Å². The normalized spacial score (nSPS) is 11.6. The molecular weight excluding hydrogens is 521 g/mol. The number of carbonyl (C=O) groups is 1. The first kappa shape index (κ1) is 27.2. The van der Waals surface area contributed by atoms with Crippen LogP contribution >= 0.6 is 11.6 Å². The van der Waals surface area contributed by atoms with Crippen LogP contribution in [-0.4, -0.2) is 41.1 Å². The lowest BCUT2D eigenvalue weighted by Gasteiger charge is -2.25. The van der Waals surface area contributed by atoms with Crippen LogP contribution in [0.5, 0.6) is 11.5 Å². The van der Waals surface area contributed by atoms with E-state index >= 15 is 0 Å². The second kappa shape index (κ2) is 11.5. The van der Waals surface area contributed by atoms with E-state index < -0.39 is 39.2 Å². The second-order valence-corrected chi connectivity index (χ2v) is 9.63. The first-order valence-corrected chi connectivity index (χ1v) is 12.3. The zero-order valence-electron chi connectivity index (χ0n) is 19.0. The number of halogens is 4. The molecule has 192 valence electrons. The minimum absolute atomic E-state index is 0.0175. The summed E-state index contributed by atoms with van der Waals surface area (Å²) in [5.41, 5.74) is -1.58. The summed E-state index contributed by atoms with van der Waals surface area (Å²) < 4.78 is 78.0. The van der Waals surface area contributed by atoms with Gasteiger partial charge in [-0.05, 0) is 42.5 Å². The van der Waals surface area contributed by atoms with Crippen LogP contribution in [0.25, 0.3) is 0 Å². The second-order valence-electron chi connectivity index (χ2n) is 7.36. The lowest BCUT2D eigenvalue weighted by atomic mass is 10.2. The van der Waals surface area contributed by atoms with E-state index in [2.05, 4.69) is 5.32 Å². The summed E-state index contributed by atoms with van der Waals surface area (Å²) in [6, 6.07) is 16.5. The Kier molecular flexibility index (Phi) is 8.70. The highest BCUT2D eigenvalue weighted by molar-refractivity contribution is 7.92. The largest absolute Gasteiger partial charge is 0.497 e. The lowest BCUT2D eigenvalue weighted by Crippen LogP contribution is -2.42. The van der Waals surface area contributed by atoms with Gasteiger partial charge in [-0.1, -0.05) is 35.9 Å². The fourth-order valence-electron chi connectivity index (χ4n) is 3.16. The zero-order valence-corrected chi connectivity index (χ0v) is 20.5. The highest BCUT2D eigenvalue weighted by Gasteiger charge is 2.35. The van der Waals surface area contributed by atoms with Gasteiger partial charge in [0.25, 0.3) is 10.0 Å². The zero-order chi connectivity index (χ0) is 26.3. The Labute approximate surface area is 211 Å². The van der Waals surface area contributed by atoms with Crippen molar-refractivity contribution in [2.45, 2.75) is 11.1 Å². The highest BCUT2D eigenvalue weighted by Crippen LogP contribution is 2.38. The maximum absolute atomic E-state index is 13.4. The number of alkyl halides is 3. The third-order valence-electron chi connectivity index (χ3n) is 4.90.